The van der Waals surface area contributed by atoms with E-state index in [4.69, 9.17) is 11.6 Å². The third kappa shape index (κ3) is 2.71. The number of carbonyl (C=O) groups is 1. The lowest BCUT2D eigenvalue weighted by Crippen LogP contribution is -2.13. The van der Waals surface area contributed by atoms with Crippen molar-refractivity contribution in [3.05, 3.63) is 47.2 Å². The first kappa shape index (κ1) is 12.6. The number of aromatic nitrogens is 2. The zero-order valence-corrected chi connectivity index (χ0v) is 10.8. The lowest BCUT2D eigenvalue weighted by molar-refractivity contribution is 0.102. The normalized spacial score (nSPS) is 10.3. The summed E-state index contributed by atoms with van der Waals surface area (Å²) in [5.74, 6) is 0.880. The van der Waals surface area contributed by atoms with Crippen molar-refractivity contribution in [1.29, 1.82) is 0 Å². The average molecular weight is 264 g/mol. The highest BCUT2D eigenvalue weighted by molar-refractivity contribution is 6.17. The van der Waals surface area contributed by atoms with Gasteiger partial charge in [0.25, 0.3) is 5.91 Å². The molecule has 2 N–H and O–H groups in total. The van der Waals surface area contributed by atoms with Crippen LogP contribution >= 0.6 is 11.6 Å². The first-order valence-electron chi connectivity index (χ1n) is 5.73. The largest absolute Gasteiger partial charge is 0.307 e. The fourth-order valence-corrected chi connectivity index (χ4v) is 1.84. The molecule has 0 aliphatic rings. The summed E-state index contributed by atoms with van der Waals surface area (Å²) in [4.78, 5) is 12.0. The van der Waals surface area contributed by atoms with E-state index in [0.29, 0.717) is 17.3 Å². The molecule has 5 heteroatoms. The SMILES string of the molecule is CCc1cn[nH]c1NC(=O)c1cccc(CCl)c1. The number of nitrogens with zero attached hydrogens (tertiary/aromatic N) is 1. The molecule has 2 aromatic rings. The Hall–Kier alpha value is -1.81. The molecule has 0 saturated heterocycles. The summed E-state index contributed by atoms with van der Waals surface area (Å²) in [5, 5.41) is 9.50. The van der Waals surface area contributed by atoms with E-state index in [9.17, 15) is 4.79 Å². The van der Waals surface area contributed by atoms with Gasteiger partial charge in [0, 0.05) is 17.0 Å². The summed E-state index contributed by atoms with van der Waals surface area (Å²) in [5.41, 5.74) is 2.49. The molecule has 0 atom stereocenters. The molecule has 0 radical (unpaired) electrons. The van der Waals surface area contributed by atoms with Crippen LogP contribution in [0.2, 0.25) is 0 Å². The van der Waals surface area contributed by atoms with E-state index < -0.39 is 0 Å². The standard InChI is InChI=1S/C13H14ClN3O/c1-2-10-8-15-17-12(10)16-13(18)11-5-3-4-9(6-11)7-14/h3-6,8H,2,7H2,1H3,(H2,15,16,17,18). The predicted octanol–water partition coefficient (Wildman–Crippen LogP) is 2.96. The van der Waals surface area contributed by atoms with Crippen LogP contribution in [0.25, 0.3) is 0 Å². The zero-order valence-electron chi connectivity index (χ0n) is 10.0. The van der Waals surface area contributed by atoms with Crippen LogP contribution in [0, 0.1) is 0 Å². The van der Waals surface area contributed by atoms with Crippen molar-refractivity contribution in [2.24, 2.45) is 0 Å². The number of amides is 1. The second kappa shape index (κ2) is 5.69. The Morgan fingerprint density at radius 2 is 2.33 bits per heavy atom. The number of hydrogen-bond donors (Lipinski definition) is 2. The van der Waals surface area contributed by atoms with E-state index in [0.717, 1.165) is 17.5 Å². The minimum atomic E-state index is -0.166. The van der Waals surface area contributed by atoms with Gasteiger partial charge in [-0.1, -0.05) is 19.1 Å². The van der Waals surface area contributed by atoms with Gasteiger partial charge in [0.2, 0.25) is 0 Å². The van der Waals surface area contributed by atoms with E-state index in [-0.39, 0.29) is 5.91 Å². The molecule has 1 aromatic carbocycles. The quantitative estimate of drug-likeness (QED) is 0.833. The minimum Gasteiger partial charge on any atom is -0.307 e. The fourth-order valence-electron chi connectivity index (χ4n) is 1.67. The highest BCUT2D eigenvalue weighted by Gasteiger charge is 2.10. The number of benzene rings is 1. The van der Waals surface area contributed by atoms with Crippen molar-refractivity contribution in [3.63, 3.8) is 0 Å². The van der Waals surface area contributed by atoms with Gasteiger partial charge >= 0.3 is 0 Å². The summed E-state index contributed by atoms with van der Waals surface area (Å²) in [6, 6.07) is 7.25. The van der Waals surface area contributed by atoms with E-state index in [1.165, 1.54) is 0 Å². The van der Waals surface area contributed by atoms with Crippen LogP contribution in [-0.2, 0) is 12.3 Å². The molecule has 1 amide bonds. The Labute approximate surface area is 110 Å². The van der Waals surface area contributed by atoms with Crippen LogP contribution in [0.1, 0.15) is 28.4 Å². The van der Waals surface area contributed by atoms with E-state index >= 15 is 0 Å². The lowest BCUT2D eigenvalue weighted by Gasteiger charge is -2.05. The van der Waals surface area contributed by atoms with Crippen LogP contribution in [0.15, 0.2) is 30.5 Å². The Bertz CT molecular complexity index is 551. The van der Waals surface area contributed by atoms with Crippen molar-refractivity contribution < 1.29 is 4.79 Å². The molecule has 4 nitrogen and oxygen atoms in total. The molecular formula is C13H14ClN3O. The molecule has 94 valence electrons. The number of alkyl halides is 1. The summed E-state index contributed by atoms with van der Waals surface area (Å²) in [6.45, 7) is 2.01. The molecule has 0 aliphatic carbocycles. The average Bonchev–Trinajstić information content (AvgIpc) is 2.86. The maximum atomic E-state index is 12.0. The third-order valence-corrected chi connectivity index (χ3v) is 2.99. The van der Waals surface area contributed by atoms with Crippen LogP contribution < -0.4 is 5.32 Å². The molecule has 2 rings (SSSR count). The van der Waals surface area contributed by atoms with Crippen molar-refractivity contribution in [3.8, 4) is 0 Å². The second-order valence-corrected chi connectivity index (χ2v) is 4.18. The summed E-state index contributed by atoms with van der Waals surface area (Å²) in [7, 11) is 0. The van der Waals surface area contributed by atoms with Crippen LogP contribution in [0.4, 0.5) is 5.82 Å². The van der Waals surface area contributed by atoms with Gasteiger partial charge in [-0.05, 0) is 24.1 Å². The van der Waals surface area contributed by atoms with Crippen molar-refractivity contribution in [2.75, 3.05) is 5.32 Å². The number of H-pyrrole nitrogens is 1. The van der Waals surface area contributed by atoms with Crippen LogP contribution in [-0.4, -0.2) is 16.1 Å². The molecule has 0 saturated carbocycles. The Balaban J connectivity index is 2.16. The molecule has 1 aromatic heterocycles. The molecule has 18 heavy (non-hydrogen) atoms. The number of aryl methyl sites for hydroxylation is 1. The zero-order chi connectivity index (χ0) is 13.0. The van der Waals surface area contributed by atoms with Gasteiger partial charge in [0.15, 0.2) is 0 Å². The Kier molecular flexibility index (Phi) is 3.99. The third-order valence-electron chi connectivity index (χ3n) is 2.68. The number of aromatic amines is 1. The fraction of sp³-hybridized carbons (Fsp3) is 0.231. The van der Waals surface area contributed by atoms with Gasteiger partial charge < -0.3 is 5.32 Å². The predicted molar refractivity (Wildman–Crippen MR) is 71.9 cm³/mol. The van der Waals surface area contributed by atoms with Crippen LogP contribution in [0.3, 0.4) is 0 Å². The minimum absolute atomic E-state index is 0.166. The highest BCUT2D eigenvalue weighted by Crippen LogP contribution is 2.14. The van der Waals surface area contributed by atoms with Crippen molar-refractivity contribution >= 4 is 23.3 Å². The number of halogens is 1. The molecule has 0 spiro atoms. The van der Waals surface area contributed by atoms with Gasteiger partial charge in [0.1, 0.15) is 5.82 Å². The smallest absolute Gasteiger partial charge is 0.256 e. The lowest BCUT2D eigenvalue weighted by atomic mass is 10.1. The first-order chi connectivity index (χ1) is 8.74. The van der Waals surface area contributed by atoms with Crippen molar-refractivity contribution in [2.45, 2.75) is 19.2 Å². The molecule has 0 fully saturated rings. The Morgan fingerprint density at radius 3 is 3.06 bits per heavy atom. The molecule has 0 unspecified atom stereocenters. The number of rotatable bonds is 4. The van der Waals surface area contributed by atoms with E-state index in [2.05, 4.69) is 15.5 Å². The summed E-state index contributed by atoms with van der Waals surface area (Å²) < 4.78 is 0. The number of hydrogen-bond acceptors (Lipinski definition) is 2. The van der Waals surface area contributed by atoms with Gasteiger partial charge in [-0.25, -0.2) is 0 Å². The Morgan fingerprint density at radius 1 is 1.50 bits per heavy atom. The number of anilines is 1. The van der Waals surface area contributed by atoms with Gasteiger partial charge in [0.05, 0.1) is 6.20 Å². The maximum Gasteiger partial charge on any atom is 0.256 e. The number of carbonyl (C=O) groups excluding carboxylic acids is 1. The second-order valence-electron chi connectivity index (χ2n) is 3.91. The first-order valence-corrected chi connectivity index (χ1v) is 6.26. The van der Waals surface area contributed by atoms with Crippen LogP contribution in [0.5, 0.6) is 0 Å². The summed E-state index contributed by atoms with van der Waals surface area (Å²) >= 11 is 5.75. The number of nitrogens with one attached hydrogen (secondary N) is 2. The molecule has 0 aliphatic heterocycles. The maximum absolute atomic E-state index is 12.0. The summed E-state index contributed by atoms with van der Waals surface area (Å²) in [6.07, 6.45) is 2.53. The highest BCUT2D eigenvalue weighted by atomic mass is 35.5. The monoisotopic (exact) mass is 263 g/mol. The van der Waals surface area contributed by atoms with Gasteiger partial charge in [-0.3, -0.25) is 9.89 Å². The molecule has 0 bridgehead atoms. The van der Waals surface area contributed by atoms with E-state index in [1.54, 1.807) is 18.3 Å². The van der Waals surface area contributed by atoms with Crippen molar-refractivity contribution in [1.82, 2.24) is 10.2 Å². The molecular weight excluding hydrogens is 250 g/mol. The van der Waals surface area contributed by atoms with Gasteiger partial charge in [-0.2, -0.15) is 5.10 Å². The van der Waals surface area contributed by atoms with Gasteiger partial charge in [-0.15, -0.1) is 11.6 Å². The molecule has 1 heterocycles. The van der Waals surface area contributed by atoms with E-state index in [1.807, 2.05) is 19.1 Å². The topological polar surface area (TPSA) is 57.8 Å².